The van der Waals surface area contributed by atoms with Gasteiger partial charge in [0.05, 0.1) is 32.0 Å². The van der Waals surface area contributed by atoms with Crippen LogP contribution in [0, 0.1) is 0 Å². The van der Waals surface area contributed by atoms with Gasteiger partial charge >= 0.3 is 5.97 Å². The summed E-state index contributed by atoms with van der Waals surface area (Å²) < 4.78 is 15.7. The van der Waals surface area contributed by atoms with Crippen molar-refractivity contribution in [3.8, 4) is 11.5 Å². The molecule has 0 unspecified atom stereocenters. The average molecular weight is 375 g/mol. The first-order valence-corrected chi connectivity index (χ1v) is 8.85. The quantitative estimate of drug-likeness (QED) is 0.297. The van der Waals surface area contributed by atoms with Crippen molar-refractivity contribution in [2.75, 3.05) is 25.7 Å². The normalized spacial score (nSPS) is 10.5. The SMILES string of the molecule is C=CCOc1cc(C=NNc2nc(CC(=O)OCC)cs2)ccc1OC. The van der Waals surface area contributed by atoms with Crippen LogP contribution in [0.25, 0.3) is 0 Å². The van der Waals surface area contributed by atoms with Gasteiger partial charge in [0, 0.05) is 5.38 Å². The number of benzene rings is 1. The minimum Gasteiger partial charge on any atom is -0.493 e. The molecule has 0 amide bonds. The van der Waals surface area contributed by atoms with Crippen LogP contribution in [0.15, 0.2) is 41.3 Å². The fourth-order valence-electron chi connectivity index (χ4n) is 2.00. The number of nitrogens with zero attached hydrogens (tertiary/aromatic N) is 2. The largest absolute Gasteiger partial charge is 0.493 e. The Morgan fingerprint density at radius 1 is 1.42 bits per heavy atom. The highest BCUT2D eigenvalue weighted by molar-refractivity contribution is 7.13. The highest BCUT2D eigenvalue weighted by Gasteiger charge is 2.08. The number of rotatable bonds is 10. The first-order chi connectivity index (χ1) is 12.7. The molecule has 0 aliphatic heterocycles. The Hall–Kier alpha value is -2.87. The van der Waals surface area contributed by atoms with Crippen LogP contribution in [0.4, 0.5) is 5.13 Å². The van der Waals surface area contributed by atoms with Crippen molar-refractivity contribution in [2.24, 2.45) is 5.10 Å². The van der Waals surface area contributed by atoms with E-state index in [0.29, 0.717) is 35.5 Å². The monoisotopic (exact) mass is 375 g/mol. The summed E-state index contributed by atoms with van der Waals surface area (Å²) in [4.78, 5) is 15.7. The standard InChI is InChI=1S/C18H21N3O4S/c1-4-8-25-16-9-13(6-7-15(16)23-3)11-19-21-18-20-14(12-26-18)10-17(22)24-5-2/h4,6-7,9,11-12H,1,5,8,10H2,2-3H3,(H,20,21). The van der Waals surface area contributed by atoms with E-state index in [4.69, 9.17) is 14.2 Å². The van der Waals surface area contributed by atoms with E-state index in [9.17, 15) is 4.79 Å². The number of hydrazone groups is 1. The topological polar surface area (TPSA) is 82.0 Å². The highest BCUT2D eigenvalue weighted by Crippen LogP contribution is 2.27. The van der Waals surface area contributed by atoms with Gasteiger partial charge in [-0.25, -0.2) is 4.98 Å². The molecule has 138 valence electrons. The lowest BCUT2D eigenvalue weighted by Gasteiger charge is -2.09. The third-order valence-corrected chi connectivity index (χ3v) is 3.90. The third kappa shape index (κ3) is 5.89. The van der Waals surface area contributed by atoms with Gasteiger partial charge in [-0.3, -0.25) is 10.2 Å². The van der Waals surface area contributed by atoms with Crippen molar-refractivity contribution >= 4 is 28.7 Å². The van der Waals surface area contributed by atoms with Crippen molar-refractivity contribution in [1.29, 1.82) is 0 Å². The summed E-state index contributed by atoms with van der Waals surface area (Å²) >= 11 is 1.37. The molecular formula is C18H21N3O4S. The summed E-state index contributed by atoms with van der Waals surface area (Å²) in [5, 5.41) is 6.55. The van der Waals surface area contributed by atoms with Crippen molar-refractivity contribution in [3.63, 3.8) is 0 Å². The lowest BCUT2D eigenvalue weighted by molar-refractivity contribution is -0.142. The summed E-state index contributed by atoms with van der Waals surface area (Å²) in [6, 6.07) is 5.49. The van der Waals surface area contributed by atoms with Gasteiger partial charge in [0.25, 0.3) is 0 Å². The number of nitrogens with one attached hydrogen (secondary N) is 1. The highest BCUT2D eigenvalue weighted by atomic mass is 32.1. The number of hydrogen-bond donors (Lipinski definition) is 1. The molecule has 2 aromatic rings. The minimum atomic E-state index is -0.293. The van der Waals surface area contributed by atoms with E-state index in [1.165, 1.54) is 11.3 Å². The van der Waals surface area contributed by atoms with Crippen molar-refractivity contribution < 1.29 is 19.0 Å². The Labute approximate surface area is 156 Å². The van der Waals surface area contributed by atoms with E-state index in [-0.39, 0.29) is 12.4 Å². The summed E-state index contributed by atoms with van der Waals surface area (Å²) in [5.74, 6) is 0.959. The van der Waals surface area contributed by atoms with E-state index >= 15 is 0 Å². The number of ether oxygens (including phenoxy) is 3. The van der Waals surface area contributed by atoms with Gasteiger partial charge in [-0.2, -0.15) is 5.10 Å². The van der Waals surface area contributed by atoms with Crippen LogP contribution in [0.5, 0.6) is 11.5 Å². The van der Waals surface area contributed by atoms with E-state index in [0.717, 1.165) is 5.56 Å². The molecule has 1 aromatic heterocycles. The molecule has 8 heteroatoms. The van der Waals surface area contributed by atoms with Crippen LogP contribution >= 0.6 is 11.3 Å². The molecule has 0 saturated carbocycles. The molecular weight excluding hydrogens is 354 g/mol. The van der Waals surface area contributed by atoms with E-state index in [1.54, 1.807) is 37.8 Å². The van der Waals surface area contributed by atoms with Crippen LogP contribution < -0.4 is 14.9 Å². The number of esters is 1. The smallest absolute Gasteiger partial charge is 0.311 e. The number of carbonyl (C=O) groups excluding carboxylic acids is 1. The number of hydrogen-bond acceptors (Lipinski definition) is 8. The van der Waals surface area contributed by atoms with Crippen LogP contribution in [-0.2, 0) is 16.0 Å². The molecule has 0 spiro atoms. The minimum absolute atomic E-state index is 0.151. The van der Waals surface area contributed by atoms with Gasteiger partial charge in [0.1, 0.15) is 6.61 Å². The molecule has 0 atom stereocenters. The van der Waals surface area contributed by atoms with Gasteiger partial charge in [0.15, 0.2) is 11.5 Å². The molecule has 0 radical (unpaired) electrons. The maximum atomic E-state index is 11.4. The van der Waals surface area contributed by atoms with Crippen molar-refractivity contribution in [3.05, 3.63) is 47.5 Å². The van der Waals surface area contributed by atoms with Crippen molar-refractivity contribution in [1.82, 2.24) is 4.98 Å². The molecule has 0 saturated heterocycles. The number of methoxy groups -OCH3 is 1. The van der Waals surface area contributed by atoms with E-state index in [2.05, 4.69) is 22.1 Å². The van der Waals surface area contributed by atoms with Crippen LogP contribution in [0.2, 0.25) is 0 Å². The van der Waals surface area contributed by atoms with Gasteiger partial charge < -0.3 is 14.2 Å². The lowest BCUT2D eigenvalue weighted by atomic mass is 10.2. The predicted molar refractivity (Wildman–Crippen MR) is 102 cm³/mol. The lowest BCUT2D eigenvalue weighted by Crippen LogP contribution is -2.07. The summed E-state index contributed by atoms with van der Waals surface area (Å²) in [7, 11) is 1.59. The Morgan fingerprint density at radius 2 is 2.27 bits per heavy atom. The van der Waals surface area contributed by atoms with Gasteiger partial charge in [-0.15, -0.1) is 11.3 Å². The fraction of sp³-hybridized carbons (Fsp3) is 0.278. The average Bonchev–Trinajstić information content (AvgIpc) is 3.07. The summed E-state index contributed by atoms with van der Waals surface area (Å²) in [5.41, 5.74) is 4.33. The van der Waals surface area contributed by atoms with Crippen LogP contribution in [-0.4, -0.2) is 37.5 Å². The van der Waals surface area contributed by atoms with E-state index in [1.807, 2.05) is 12.1 Å². The fourth-order valence-corrected chi connectivity index (χ4v) is 2.66. The summed E-state index contributed by atoms with van der Waals surface area (Å²) in [6.45, 7) is 6.15. The molecule has 1 N–H and O–H groups in total. The Morgan fingerprint density at radius 3 is 3.00 bits per heavy atom. The van der Waals surface area contributed by atoms with Crippen LogP contribution in [0.1, 0.15) is 18.2 Å². The second-order valence-corrected chi connectivity index (χ2v) is 5.86. The van der Waals surface area contributed by atoms with Gasteiger partial charge in [-0.1, -0.05) is 12.7 Å². The molecule has 26 heavy (non-hydrogen) atoms. The molecule has 0 bridgehead atoms. The third-order valence-electron chi connectivity index (χ3n) is 3.10. The molecule has 7 nitrogen and oxygen atoms in total. The maximum Gasteiger partial charge on any atom is 0.311 e. The summed E-state index contributed by atoms with van der Waals surface area (Å²) in [6.07, 6.45) is 3.46. The first kappa shape index (κ1) is 19.5. The maximum absolute atomic E-state index is 11.4. The van der Waals surface area contributed by atoms with Gasteiger partial charge in [-0.05, 0) is 30.7 Å². The molecule has 1 aromatic carbocycles. The second kappa shape index (κ2) is 10.2. The molecule has 0 aliphatic carbocycles. The number of thiazole rings is 1. The molecule has 0 fully saturated rings. The molecule has 0 aliphatic rings. The van der Waals surface area contributed by atoms with Gasteiger partial charge in [0.2, 0.25) is 5.13 Å². The molecule has 1 heterocycles. The Balaban J connectivity index is 1.96. The zero-order chi connectivity index (χ0) is 18.8. The second-order valence-electron chi connectivity index (χ2n) is 5.01. The van der Waals surface area contributed by atoms with E-state index < -0.39 is 0 Å². The van der Waals surface area contributed by atoms with Crippen LogP contribution in [0.3, 0.4) is 0 Å². The molecule has 2 rings (SSSR count). The Kier molecular flexibility index (Phi) is 7.63. The predicted octanol–water partition coefficient (Wildman–Crippen LogP) is 3.27. The van der Waals surface area contributed by atoms with Crippen molar-refractivity contribution in [2.45, 2.75) is 13.3 Å². The Bertz CT molecular complexity index is 774. The number of carbonyl (C=O) groups is 1. The zero-order valence-corrected chi connectivity index (χ0v) is 15.5. The number of anilines is 1. The number of aromatic nitrogens is 1. The first-order valence-electron chi connectivity index (χ1n) is 7.97. The zero-order valence-electron chi connectivity index (χ0n) is 14.7.